The first-order valence-corrected chi connectivity index (χ1v) is 9.42. The SMILES string of the molecule is COc1ccc(/C=C/C(=O)c2cnc3sc4c(n23)CCCCC4)cc1. The number of thiazole rings is 1. The molecular formula is C20H20N2O2S. The Labute approximate surface area is 150 Å². The molecule has 0 unspecified atom stereocenters. The van der Waals surface area contributed by atoms with Gasteiger partial charge in [0.2, 0.25) is 5.78 Å². The molecule has 5 heteroatoms. The van der Waals surface area contributed by atoms with Crippen LogP contribution in [0.4, 0.5) is 0 Å². The van der Waals surface area contributed by atoms with E-state index < -0.39 is 0 Å². The first-order chi connectivity index (χ1) is 12.3. The number of ketones is 1. The summed E-state index contributed by atoms with van der Waals surface area (Å²) in [4.78, 5) is 19.5. The van der Waals surface area contributed by atoms with Crippen LogP contribution in [0.2, 0.25) is 0 Å². The second kappa shape index (κ2) is 6.84. The quantitative estimate of drug-likeness (QED) is 0.392. The molecule has 1 aliphatic carbocycles. The number of benzene rings is 1. The van der Waals surface area contributed by atoms with Gasteiger partial charge in [0.25, 0.3) is 0 Å². The lowest BCUT2D eigenvalue weighted by Gasteiger charge is -2.02. The van der Waals surface area contributed by atoms with E-state index in [0.717, 1.165) is 29.1 Å². The number of methoxy groups -OCH3 is 1. The van der Waals surface area contributed by atoms with E-state index in [4.69, 9.17) is 4.74 Å². The third-order valence-electron chi connectivity index (χ3n) is 4.65. The molecule has 0 atom stereocenters. The highest BCUT2D eigenvalue weighted by Crippen LogP contribution is 2.30. The Kier molecular flexibility index (Phi) is 4.40. The minimum absolute atomic E-state index is 0.00633. The van der Waals surface area contributed by atoms with Gasteiger partial charge in [-0.2, -0.15) is 0 Å². The van der Waals surface area contributed by atoms with Crippen LogP contribution in [0, 0.1) is 0 Å². The summed E-state index contributed by atoms with van der Waals surface area (Å²) >= 11 is 1.73. The lowest BCUT2D eigenvalue weighted by molar-refractivity contribution is 0.104. The number of allylic oxidation sites excluding steroid dienone is 1. The number of aryl methyl sites for hydroxylation is 2. The largest absolute Gasteiger partial charge is 0.497 e. The molecule has 128 valence electrons. The number of imidazole rings is 1. The number of hydrogen-bond donors (Lipinski definition) is 0. The van der Waals surface area contributed by atoms with Crippen molar-refractivity contribution in [1.29, 1.82) is 0 Å². The minimum atomic E-state index is -0.00633. The van der Waals surface area contributed by atoms with Crippen molar-refractivity contribution in [3.8, 4) is 5.75 Å². The van der Waals surface area contributed by atoms with E-state index in [1.165, 1.54) is 29.8 Å². The molecule has 3 aromatic rings. The zero-order valence-electron chi connectivity index (χ0n) is 14.2. The van der Waals surface area contributed by atoms with Gasteiger partial charge < -0.3 is 4.74 Å². The zero-order valence-corrected chi connectivity index (χ0v) is 15.0. The van der Waals surface area contributed by atoms with Crippen molar-refractivity contribution >= 4 is 28.2 Å². The summed E-state index contributed by atoms with van der Waals surface area (Å²) < 4.78 is 7.23. The molecule has 0 saturated carbocycles. The van der Waals surface area contributed by atoms with Gasteiger partial charge in [0, 0.05) is 10.6 Å². The Balaban J connectivity index is 1.63. The Morgan fingerprint density at radius 3 is 2.80 bits per heavy atom. The second-order valence-electron chi connectivity index (χ2n) is 6.26. The maximum atomic E-state index is 12.7. The first kappa shape index (κ1) is 16.1. The summed E-state index contributed by atoms with van der Waals surface area (Å²) in [5.74, 6) is 0.801. The third-order valence-corrected chi connectivity index (χ3v) is 5.81. The summed E-state index contributed by atoms with van der Waals surface area (Å²) in [6, 6.07) is 7.65. The highest BCUT2D eigenvalue weighted by atomic mass is 32.1. The van der Waals surface area contributed by atoms with Crippen LogP contribution < -0.4 is 4.74 Å². The predicted molar refractivity (Wildman–Crippen MR) is 101 cm³/mol. The fourth-order valence-corrected chi connectivity index (χ4v) is 4.49. The van der Waals surface area contributed by atoms with E-state index in [0.29, 0.717) is 5.69 Å². The van der Waals surface area contributed by atoms with E-state index in [1.807, 2.05) is 30.3 Å². The number of nitrogens with zero attached hydrogens (tertiary/aromatic N) is 2. The van der Waals surface area contributed by atoms with Gasteiger partial charge in [-0.3, -0.25) is 9.20 Å². The van der Waals surface area contributed by atoms with E-state index in [2.05, 4.69) is 9.38 Å². The van der Waals surface area contributed by atoms with Gasteiger partial charge in [0.1, 0.15) is 11.4 Å². The molecule has 0 spiro atoms. The Bertz CT molecular complexity index is 935. The van der Waals surface area contributed by atoms with Gasteiger partial charge in [-0.25, -0.2) is 4.98 Å². The summed E-state index contributed by atoms with van der Waals surface area (Å²) in [7, 11) is 1.64. The normalized spacial score (nSPS) is 14.6. The van der Waals surface area contributed by atoms with Crippen molar-refractivity contribution in [3.63, 3.8) is 0 Å². The summed E-state index contributed by atoms with van der Waals surface area (Å²) in [6.07, 6.45) is 11.0. The van der Waals surface area contributed by atoms with Gasteiger partial charge in [0.15, 0.2) is 4.96 Å². The fraction of sp³-hybridized carbons (Fsp3) is 0.300. The van der Waals surface area contributed by atoms with Crippen LogP contribution in [-0.2, 0) is 12.8 Å². The predicted octanol–water partition coefficient (Wildman–Crippen LogP) is 4.57. The lowest BCUT2D eigenvalue weighted by Crippen LogP contribution is -2.03. The van der Waals surface area contributed by atoms with E-state index in [1.54, 1.807) is 30.7 Å². The summed E-state index contributed by atoms with van der Waals surface area (Å²) in [6.45, 7) is 0. The number of rotatable bonds is 4. The van der Waals surface area contributed by atoms with E-state index >= 15 is 0 Å². The molecule has 4 rings (SSSR count). The number of fused-ring (bicyclic) bond motifs is 3. The molecular weight excluding hydrogens is 332 g/mol. The van der Waals surface area contributed by atoms with Crippen molar-refractivity contribution in [2.24, 2.45) is 0 Å². The van der Waals surface area contributed by atoms with Gasteiger partial charge >= 0.3 is 0 Å². The van der Waals surface area contributed by atoms with Crippen molar-refractivity contribution in [2.45, 2.75) is 32.1 Å². The van der Waals surface area contributed by atoms with Crippen molar-refractivity contribution < 1.29 is 9.53 Å². The van der Waals surface area contributed by atoms with Crippen molar-refractivity contribution in [2.75, 3.05) is 7.11 Å². The number of ether oxygens (including phenoxy) is 1. The van der Waals surface area contributed by atoms with Gasteiger partial charge in [-0.15, -0.1) is 11.3 Å². The summed E-state index contributed by atoms with van der Waals surface area (Å²) in [5.41, 5.74) is 2.93. The molecule has 2 aromatic heterocycles. The fourth-order valence-electron chi connectivity index (χ4n) is 3.31. The molecule has 2 heterocycles. The maximum Gasteiger partial charge on any atom is 0.204 e. The highest BCUT2D eigenvalue weighted by molar-refractivity contribution is 7.17. The monoisotopic (exact) mass is 352 g/mol. The van der Waals surface area contributed by atoms with Crippen LogP contribution >= 0.6 is 11.3 Å². The highest BCUT2D eigenvalue weighted by Gasteiger charge is 2.20. The average molecular weight is 352 g/mol. The van der Waals surface area contributed by atoms with Gasteiger partial charge in [0.05, 0.1) is 13.3 Å². The molecule has 0 amide bonds. The lowest BCUT2D eigenvalue weighted by atomic mass is 10.1. The van der Waals surface area contributed by atoms with E-state index in [9.17, 15) is 4.79 Å². The molecule has 0 saturated heterocycles. The molecule has 1 aliphatic rings. The number of aromatic nitrogens is 2. The molecule has 0 fully saturated rings. The molecule has 25 heavy (non-hydrogen) atoms. The minimum Gasteiger partial charge on any atom is -0.497 e. The number of carbonyl (C=O) groups excluding carboxylic acids is 1. The van der Waals surface area contributed by atoms with Crippen LogP contribution in [0.5, 0.6) is 5.75 Å². The van der Waals surface area contributed by atoms with Gasteiger partial charge in [-0.1, -0.05) is 24.6 Å². The van der Waals surface area contributed by atoms with Crippen LogP contribution in [0.15, 0.2) is 36.5 Å². The van der Waals surface area contributed by atoms with Crippen LogP contribution in [0.25, 0.3) is 11.0 Å². The van der Waals surface area contributed by atoms with E-state index in [-0.39, 0.29) is 5.78 Å². The molecule has 4 nitrogen and oxygen atoms in total. The van der Waals surface area contributed by atoms with Crippen LogP contribution in [-0.4, -0.2) is 22.3 Å². The Morgan fingerprint density at radius 2 is 2.00 bits per heavy atom. The van der Waals surface area contributed by atoms with Crippen LogP contribution in [0.3, 0.4) is 0 Å². The molecule has 0 aliphatic heterocycles. The Hall–Kier alpha value is -2.40. The smallest absolute Gasteiger partial charge is 0.204 e. The number of carbonyl (C=O) groups is 1. The van der Waals surface area contributed by atoms with Crippen molar-refractivity contribution in [3.05, 3.63) is 58.4 Å². The average Bonchev–Trinajstić information content (AvgIpc) is 3.12. The maximum absolute atomic E-state index is 12.7. The van der Waals surface area contributed by atoms with Crippen molar-refractivity contribution in [1.82, 2.24) is 9.38 Å². The molecule has 0 radical (unpaired) electrons. The Morgan fingerprint density at radius 1 is 1.20 bits per heavy atom. The standard InChI is InChI=1S/C20H20N2O2S/c1-24-15-10-7-14(8-11-15)9-12-18(23)17-13-21-20-22(17)16-5-3-2-4-6-19(16)25-20/h7-13H,2-6H2,1H3/b12-9+. The second-order valence-corrected chi connectivity index (χ2v) is 7.33. The molecule has 0 N–H and O–H groups in total. The topological polar surface area (TPSA) is 43.6 Å². The molecule has 0 bridgehead atoms. The zero-order chi connectivity index (χ0) is 17.2. The first-order valence-electron chi connectivity index (χ1n) is 8.61. The molecule has 1 aromatic carbocycles. The number of hydrogen-bond acceptors (Lipinski definition) is 4. The van der Waals surface area contributed by atoms with Gasteiger partial charge in [-0.05, 0) is 49.5 Å². The third kappa shape index (κ3) is 3.12. The summed E-state index contributed by atoms with van der Waals surface area (Å²) in [5, 5.41) is 0. The van der Waals surface area contributed by atoms with Crippen LogP contribution in [0.1, 0.15) is 45.9 Å².